The predicted octanol–water partition coefficient (Wildman–Crippen LogP) is 4.26. The van der Waals surface area contributed by atoms with Crippen molar-refractivity contribution in [3.8, 4) is 0 Å². The van der Waals surface area contributed by atoms with Crippen LogP contribution in [0.3, 0.4) is 0 Å². The largest absolute Gasteiger partial charge is 0.467 e. The van der Waals surface area contributed by atoms with Gasteiger partial charge in [0.1, 0.15) is 5.76 Å². The minimum absolute atomic E-state index is 0.198. The molecule has 108 valence electrons. The fourth-order valence-electron chi connectivity index (χ4n) is 2.29. The number of rotatable bonds is 3. The second kappa shape index (κ2) is 5.30. The standard InChI is InChI=1S/C16H14ClNO3/c1-10-12-6-3-7-13(17)15(12)21-14(10)16(19)18(2)9-11-5-4-8-20-11/h3-8H,9H2,1-2H3. The molecule has 4 nitrogen and oxygen atoms in total. The number of halogens is 1. The van der Waals surface area contributed by atoms with Gasteiger partial charge in [-0.25, -0.2) is 0 Å². The van der Waals surface area contributed by atoms with Crippen LogP contribution in [0.2, 0.25) is 5.02 Å². The van der Waals surface area contributed by atoms with Gasteiger partial charge in [0.2, 0.25) is 0 Å². The third-order valence-corrected chi connectivity index (χ3v) is 3.73. The number of fused-ring (bicyclic) bond motifs is 1. The Bertz CT molecular complexity index is 789. The Kier molecular flexibility index (Phi) is 3.47. The minimum atomic E-state index is -0.198. The van der Waals surface area contributed by atoms with Crippen LogP contribution >= 0.6 is 11.6 Å². The summed E-state index contributed by atoms with van der Waals surface area (Å²) in [7, 11) is 1.71. The number of carbonyl (C=O) groups excluding carboxylic acids is 1. The van der Waals surface area contributed by atoms with Gasteiger partial charge < -0.3 is 13.7 Å². The minimum Gasteiger partial charge on any atom is -0.467 e. The summed E-state index contributed by atoms with van der Waals surface area (Å²) >= 11 is 6.11. The summed E-state index contributed by atoms with van der Waals surface area (Å²) in [5, 5.41) is 1.36. The number of para-hydroxylation sites is 1. The van der Waals surface area contributed by atoms with E-state index in [0.29, 0.717) is 22.9 Å². The van der Waals surface area contributed by atoms with Gasteiger partial charge in [-0.05, 0) is 25.1 Å². The lowest BCUT2D eigenvalue weighted by Crippen LogP contribution is -2.26. The highest BCUT2D eigenvalue weighted by Gasteiger charge is 2.22. The highest BCUT2D eigenvalue weighted by Crippen LogP contribution is 2.31. The maximum absolute atomic E-state index is 12.5. The third-order valence-electron chi connectivity index (χ3n) is 3.43. The molecular formula is C16H14ClNO3. The molecule has 0 spiro atoms. The van der Waals surface area contributed by atoms with E-state index in [1.54, 1.807) is 30.3 Å². The zero-order valence-electron chi connectivity index (χ0n) is 11.7. The Hall–Kier alpha value is -2.20. The van der Waals surface area contributed by atoms with Gasteiger partial charge in [0, 0.05) is 18.0 Å². The first-order valence-corrected chi connectivity index (χ1v) is 6.91. The van der Waals surface area contributed by atoms with Gasteiger partial charge in [0.25, 0.3) is 5.91 Å². The first-order valence-electron chi connectivity index (χ1n) is 6.53. The van der Waals surface area contributed by atoms with Crippen LogP contribution in [0.25, 0.3) is 11.0 Å². The van der Waals surface area contributed by atoms with Crippen molar-refractivity contribution in [1.82, 2.24) is 4.90 Å². The van der Waals surface area contributed by atoms with Crippen molar-refractivity contribution < 1.29 is 13.6 Å². The number of carbonyl (C=O) groups is 1. The molecule has 21 heavy (non-hydrogen) atoms. The molecule has 3 rings (SSSR count). The lowest BCUT2D eigenvalue weighted by Gasteiger charge is -2.14. The van der Waals surface area contributed by atoms with E-state index >= 15 is 0 Å². The van der Waals surface area contributed by atoms with Crippen molar-refractivity contribution in [1.29, 1.82) is 0 Å². The van der Waals surface area contributed by atoms with Gasteiger partial charge >= 0.3 is 0 Å². The van der Waals surface area contributed by atoms with E-state index in [2.05, 4.69) is 0 Å². The Labute approximate surface area is 126 Å². The topological polar surface area (TPSA) is 46.6 Å². The van der Waals surface area contributed by atoms with Gasteiger partial charge in [-0.1, -0.05) is 23.7 Å². The van der Waals surface area contributed by atoms with Crippen molar-refractivity contribution in [2.45, 2.75) is 13.5 Å². The zero-order valence-corrected chi connectivity index (χ0v) is 12.5. The summed E-state index contributed by atoms with van der Waals surface area (Å²) < 4.78 is 10.9. The van der Waals surface area contributed by atoms with Gasteiger partial charge in [0.05, 0.1) is 17.8 Å². The average Bonchev–Trinajstić information content (AvgIpc) is 3.08. The molecule has 0 aliphatic carbocycles. The molecule has 0 N–H and O–H groups in total. The first-order chi connectivity index (χ1) is 10.1. The van der Waals surface area contributed by atoms with Crippen molar-refractivity contribution in [3.63, 3.8) is 0 Å². The quantitative estimate of drug-likeness (QED) is 0.726. The van der Waals surface area contributed by atoms with Crippen LogP contribution in [0.4, 0.5) is 0 Å². The molecule has 0 fully saturated rings. The molecule has 2 heterocycles. The molecule has 0 atom stereocenters. The average molecular weight is 304 g/mol. The van der Waals surface area contributed by atoms with Gasteiger partial charge in [-0.15, -0.1) is 0 Å². The monoisotopic (exact) mass is 303 g/mol. The van der Waals surface area contributed by atoms with E-state index in [9.17, 15) is 4.79 Å². The number of benzene rings is 1. The summed E-state index contributed by atoms with van der Waals surface area (Å²) in [6, 6.07) is 9.09. The number of aryl methyl sites for hydroxylation is 1. The molecule has 1 amide bonds. The van der Waals surface area contributed by atoms with Crippen LogP contribution in [0.5, 0.6) is 0 Å². The number of nitrogens with zero attached hydrogens (tertiary/aromatic N) is 1. The fraction of sp³-hybridized carbons (Fsp3) is 0.188. The Balaban J connectivity index is 1.94. The predicted molar refractivity (Wildman–Crippen MR) is 80.5 cm³/mol. The maximum atomic E-state index is 12.5. The molecule has 0 saturated carbocycles. The molecule has 0 radical (unpaired) electrons. The third kappa shape index (κ3) is 2.43. The number of hydrogen-bond donors (Lipinski definition) is 0. The lowest BCUT2D eigenvalue weighted by atomic mass is 10.1. The Morgan fingerprint density at radius 2 is 2.10 bits per heavy atom. The molecule has 0 bridgehead atoms. The Morgan fingerprint density at radius 1 is 1.29 bits per heavy atom. The molecule has 0 saturated heterocycles. The van der Waals surface area contributed by atoms with Crippen LogP contribution in [-0.4, -0.2) is 17.9 Å². The van der Waals surface area contributed by atoms with E-state index in [1.165, 1.54) is 0 Å². The van der Waals surface area contributed by atoms with Crippen LogP contribution in [0, 0.1) is 6.92 Å². The van der Waals surface area contributed by atoms with Crippen LogP contribution in [0.15, 0.2) is 45.4 Å². The van der Waals surface area contributed by atoms with Gasteiger partial charge in [0.15, 0.2) is 11.3 Å². The normalized spacial score (nSPS) is 11.0. The van der Waals surface area contributed by atoms with Crippen molar-refractivity contribution >= 4 is 28.5 Å². The second-order valence-corrected chi connectivity index (χ2v) is 5.32. The zero-order chi connectivity index (χ0) is 15.0. The molecule has 5 heteroatoms. The highest BCUT2D eigenvalue weighted by molar-refractivity contribution is 6.35. The van der Waals surface area contributed by atoms with E-state index in [4.69, 9.17) is 20.4 Å². The summed E-state index contributed by atoms with van der Waals surface area (Å²) in [4.78, 5) is 14.1. The lowest BCUT2D eigenvalue weighted by molar-refractivity contribution is 0.0745. The van der Waals surface area contributed by atoms with Crippen molar-refractivity contribution in [2.75, 3.05) is 7.05 Å². The van der Waals surface area contributed by atoms with Crippen LogP contribution in [0.1, 0.15) is 21.9 Å². The highest BCUT2D eigenvalue weighted by atomic mass is 35.5. The van der Waals surface area contributed by atoms with Gasteiger partial charge in [-0.2, -0.15) is 0 Å². The number of hydrogen-bond acceptors (Lipinski definition) is 3. The molecule has 3 aromatic rings. The van der Waals surface area contributed by atoms with Crippen LogP contribution < -0.4 is 0 Å². The Morgan fingerprint density at radius 3 is 2.76 bits per heavy atom. The van der Waals surface area contributed by atoms with Gasteiger partial charge in [-0.3, -0.25) is 4.79 Å². The molecule has 0 aliphatic rings. The van der Waals surface area contributed by atoms with E-state index < -0.39 is 0 Å². The molecule has 0 unspecified atom stereocenters. The summed E-state index contributed by atoms with van der Waals surface area (Å²) in [6.07, 6.45) is 1.58. The fourth-order valence-corrected chi connectivity index (χ4v) is 2.51. The van der Waals surface area contributed by atoms with Crippen molar-refractivity contribution in [3.05, 3.63) is 58.7 Å². The molecule has 1 aromatic carbocycles. The number of amides is 1. The molecule has 0 aliphatic heterocycles. The summed E-state index contributed by atoms with van der Waals surface area (Å²) in [6.45, 7) is 2.24. The second-order valence-electron chi connectivity index (χ2n) is 4.91. The van der Waals surface area contributed by atoms with Crippen molar-refractivity contribution in [2.24, 2.45) is 0 Å². The summed E-state index contributed by atoms with van der Waals surface area (Å²) in [5.41, 5.74) is 1.34. The molecule has 2 aromatic heterocycles. The first kappa shape index (κ1) is 13.8. The van der Waals surface area contributed by atoms with E-state index in [1.807, 2.05) is 25.1 Å². The van der Waals surface area contributed by atoms with E-state index in [0.717, 1.165) is 16.7 Å². The van der Waals surface area contributed by atoms with E-state index in [-0.39, 0.29) is 5.91 Å². The molecular weight excluding hydrogens is 290 g/mol. The summed E-state index contributed by atoms with van der Waals surface area (Å²) in [5.74, 6) is 0.834. The SMILES string of the molecule is Cc1c(C(=O)N(C)Cc2ccco2)oc2c(Cl)cccc12. The maximum Gasteiger partial charge on any atom is 0.290 e. The number of furan rings is 2. The van der Waals surface area contributed by atoms with Crippen LogP contribution in [-0.2, 0) is 6.54 Å². The smallest absolute Gasteiger partial charge is 0.290 e.